The predicted octanol–water partition coefficient (Wildman–Crippen LogP) is 0.996. The van der Waals surface area contributed by atoms with Crippen molar-refractivity contribution in [3.05, 3.63) is 42.1 Å². The van der Waals surface area contributed by atoms with Crippen molar-refractivity contribution in [2.75, 3.05) is 11.4 Å². The predicted molar refractivity (Wildman–Crippen MR) is 64.5 cm³/mol. The standard InChI is InChI=1S/C12H12N4O2/c17-12(18)9-2-1-3-14-11(9)16-7-6-15-5-4-13-10(15)8-16/h1-5H,6-8H2,(H,17,18). The molecule has 2 aromatic heterocycles. The van der Waals surface area contributed by atoms with E-state index in [0.717, 1.165) is 18.9 Å². The number of nitrogens with zero attached hydrogens (tertiary/aromatic N) is 4. The third kappa shape index (κ3) is 1.71. The van der Waals surface area contributed by atoms with Crippen LogP contribution in [0.25, 0.3) is 0 Å². The van der Waals surface area contributed by atoms with Crippen LogP contribution < -0.4 is 4.90 Å². The summed E-state index contributed by atoms with van der Waals surface area (Å²) in [5.74, 6) is 0.495. The molecule has 0 aromatic carbocycles. The highest BCUT2D eigenvalue weighted by Crippen LogP contribution is 2.21. The van der Waals surface area contributed by atoms with Crippen LogP contribution in [0.5, 0.6) is 0 Å². The van der Waals surface area contributed by atoms with Crippen molar-refractivity contribution in [1.82, 2.24) is 14.5 Å². The Bertz CT molecular complexity index is 593. The van der Waals surface area contributed by atoms with E-state index in [1.54, 1.807) is 24.5 Å². The van der Waals surface area contributed by atoms with E-state index in [2.05, 4.69) is 14.5 Å². The number of fused-ring (bicyclic) bond motifs is 1. The fourth-order valence-corrected chi connectivity index (χ4v) is 2.17. The summed E-state index contributed by atoms with van der Waals surface area (Å²) in [6.07, 6.45) is 5.31. The number of anilines is 1. The Morgan fingerprint density at radius 3 is 3.00 bits per heavy atom. The minimum atomic E-state index is -0.952. The van der Waals surface area contributed by atoms with Crippen molar-refractivity contribution in [2.24, 2.45) is 0 Å². The molecule has 18 heavy (non-hydrogen) atoms. The van der Waals surface area contributed by atoms with Crippen molar-refractivity contribution in [2.45, 2.75) is 13.1 Å². The number of imidazole rings is 1. The molecule has 0 atom stereocenters. The average molecular weight is 244 g/mol. The third-order valence-corrected chi connectivity index (χ3v) is 3.06. The van der Waals surface area contributed by atoms with Gasteiger partial charge in [0.05, 0.1) is 6.54 Å². The maximum Gasteiger partial charge on any atom is 0.339 e. The molecule has 0 aliphatic carbocycles. The minimum absolute atomic E-state index is 0.234. The number of hydrogen-bond acceptors (Lipinski definition) is 4. The molecule has 0 fully saturated rings. The van der Waals surface area contributed by atoms with Gasteiger partial charge in [0.15, 0.2) is 0 Å². The highest BCUT2D eigenvalue weighted by atomic mass is 16.4. The van der Waals surface area contributed by atoms with Gasteiger partial charge in [-0.25, -0.2) is 14.8 Å². The molecular weight excluding hydrogens is 232 g/mol. The highest BCUT2D eigenvalue weighted by Gasteiger charge is 2.22. The molecule has 0 spiro atoms. The summed E-state index contributed by atoms with van der Waals surface area (Å²) in [5.41, 5.74) is 0.234. The van der Waals surface area contributed by atoms with Crippen LogP contribution in [0, 0.1) is 0 Å². The monoisotopic (exact) mass is 244 g/mol. The van der Waals surface area contributed by atoms with Gasteiger partial charge in [-0.3, -0.25) is 0 Å². The van der Waals surface area contributed by atoms with Crippen LogP contribution in [0.4, 0.5) is 5.82 Å². The molecule has 0 radical (unpaired) electrons. The van der Waals surface area contributed by atoms with Gasteiger partial charge in [0.1, 0.15) is 17.2 Å². The average Bonchev–Trinajstić information content (AvgIpc) is 2.85. The quantitative estimate of drug-likeness (QED) is 0.853. The Morgan fingerprint density at radius 2 is 2.17 bits per heavy atom. The normalized spacial score (nSPS) is 14.3. The first-order valence-electron chi connectivity index (χ1n) is 5.69. The molecule has 0 saturated carbocycles. The van der Waals surface area contributed by atoms with Gasteiger partial charge in [0.2, 0.25) is 0 Å². The van der Waals surface area contributed by atoms with Gasteiger partial charge in [-0.1, -0.05) is 0 Å². The van der Waals surface area contributed by atoms with E-state index < -0.39 is 5.97 Å². The lowest BCUT2D eigenvalue weighted by Gasteiger charge is -2.29. The van der Waals surface area contributed by atoms with Gasteiger partial charge in [0.25, 0.3) is 0 Å². The van der Waals surface area contributed by atoms with Crippen LogP contribution in [-0.4, -0.2) is 32.2 Å². The summed E-state index contributed by atoms with van der Waals surface area (Å²) in [6.45, 7) is 2.12. The SMILES string of the molecule is O=C(O)c1cccnc1N1CCn2ccnc2C1. The maximum absolute atomic E-state index is 11.2. The van der Waals surface area contributed by atoms with Gasteiger partial charge in [-0.2, -0.15) is 0 Å². The van der Waals surface area contributed by atoms with Crippen LogP contribution >= 0.6 is 0 Å². The molecule has 2 aromatic rings. The topological polar surface area (TPSA) is 71.2 Å². The number of carboxylic acid groups (broad SMARTS) is 1. The molecule has 0 bridgehead atoms. The lowest BCUT2D eigenvalue weighted by atomic mass is 10.2. The van der Waals surface area contributed by atoms with Crippen molar-refractivity contribution >= 4 is 11.8 Å². The second kappa shape index (κ2) is 4.14. The molecule has 6 nitrogen and oxygen atoms in total. The number of hydrogen-bond donors (Lipinski definition) is 1. The van der Waals surface area contributed by atoms with Crippen LogP contribution in [0.2, 0.25) is 0 Å². The largest absolute Gasteiger partial charge is 0.478 e. The zero-order valence-corrected chi connectivity index (χ0v) is 9.65. The van der Waals surface area contributed by atoms with Gasteiger partial charge >= 0.3 is 5.97 Å². The molecule has 6 heteroatoms. The lowest BCUT2D eigenvalue weighted by molar-refractivity contribution is 0.0697. The number of carbonyl (C=O) groups is 1. The van der Waals surface area contributed by atoms with Crippen molar-refractivity contribution in [3.63, 3.8) is 0 Å². The van der Waals surface area contributed by atoms with E-state index in [4.69, 9.17) is 5.11 Å². The van der Waals surface area contributed by atoms with E-state index in [9.17, 15) is 4.79 Å². The Morgan fingerprint density at radius 1 is 1.28 bits per heavy atom. The summed E-state index contributed by atoms with van der Waals surface area (Å²) in [6, 6.07) is 3.21. The Balaban J connectivity index is 1.95. The van der Waals surface area contributed by atoms with Crippen LogP contribution in [0.1, 0.15) is 16.2 Å². The Labute approximate surface area is 104 Å². The van der Waals surface area contributed by atoms with Gasteiger partial charge in [-0.15, -0.1) is 0 Å². The first-order chi connectivity index (χ1) is 8.75. The molecule has 1 aliphatic heterocycles. The summed E-state index contributed by atoms with van der Waals surface area (Å²) in [5, 5.41) is 9.16. The van der Waals surface area contributed by atoms with Crippen LogP contribution in [0.3, 0.4) is 0 Å². The Hall–Kier alpha value is -2.37. The summed E-state index contributed by atoms with van der Waals surface area (Å²) >= 11 is 0. The van der Waals surface area contributed by atoms with E-state index in [-0.39, 0.29) is 5.56 Å². The number of pyridine rings is 1. The molecule has 0 saturated heterocycles. The first kappa shape index (κ1) is 10.8. The molecule has 92 valence electrons. The zero-order valence-electron chi connectivity index (χ0n) is 9.65. The second-order valence-corrected chi connectivity index (χ2v) is 4.14. The van der Waals surface area contributed by atoms with Crippen molar-refractivity contribution in [3.8, 4) is 0 Å². The highest BCUT2D eigenvalue weighted by molar-refractivity contribution is 5.93. The van der Waals surface area contributed by atoms with Gasteiger partial charge < -0.3 is 14.6 Å². The summed E-state index contributed by atoms with van der Waals surface area (Å²) in [4.78, 5) is 21.6. The molecular formula is C12H12N4O2. The summed E-state index contributed by atoms with van der Waals surface area (Å²) in [7, 11) is 0. The van der Waals surface area contributed by atoms with Crippen LogP contribution in [-0.2, 0) is 13.1 Å². The lowest BCUT2D eigenvalue weighted by Crippen LogP contribution is -2.35. The van der Waals surface area contributed by atoms with Gasteiger partial charge in [0, 0.05) is 31.7 Å². The molecule has 0 amide bonds. The maximum atomic E-state index is 11.2. The van der Waals surface area contributed by atoms with E-state index in [0.29, 0.717) is 12.4 Å². The fourth-order valence-electron chi connectivity index (χ4n) is 2.17. The van der Waals surface area contributed by atoms with Crippen molar-refractivity contribution < 1.29 is 9.90 Å². The van der Waals surface area contributed by atoms with E-state index in [1.165, 1.54) is 0 Å². The summed E-state index contributed by atoms with van der Waals surface area (Å²) < 4.78 is 2.07. The van der Waals surface area contributed by atoms with Crippen LogP contribution in [0.15, 0.2) is 30.7 Å². The number of rotatable bonds is 2. The third-order valence-electron chi connectivity index (χ3n) is 3.06. The Kier molecular flexibility index (Phi) is 2.47. The minimum Gasteiger partial charge on any atom is -0.478 e. The molecule has 3 rings (SSSR count). The number of aromatic nitrogens is 3. The molecule has 3 heterocycles. The number of aromatic carboxylic acids is 1. The van der Waals surface area contributed by atoms with E-state index in [1.807, 2.05) is 11.1 Å². The molecule has 0 unspecified atom stereocenters. The van der Waals surface area contributed by atoms with Gasteiger partial charge in [-0.05, 0) is 12.1 Å². The number of carboxylic acids is 1. The first-order valence-corrected chi connectivity index (χ1v) is 5.69. The zero-order chi connectivity index (χ0) is 12.5. The van der Waals surface area contributed by atoms with E-state index >= 15 is 0 Å². The smallest absolute Gasteiger partial charge is 0.339 e. The molecule has 1 aliphatic rings. The second-order valence-electron chi connectivity index (χ2n) is 4.14. The molecule has 1 N–H and O–H groups in total. The van der Waals surface area contributed by atoms with Crippen molar-refractivity contribution in [1.29, 1.82) is 0 Å². The fraction of sp³-hybridized carbons (Fsp3) is 0.250.